The Kier molecular flexibility index (Phi) is 4.99. The monoisotopic (exact) mass is 414 g/mol. The summed E-state index contributed by atoms with van der Waals surface area (Å²) in [5, 5.41) is 13.8. The average Bonchev–Trinajstić information content (AvgIpc) is 3.39. The van der Waals surface area contributed by atoms with Crippen LogP contribution in [0.1, 0.15) is 49.9 Å². The summed E-state index contributed by atoms with van der Waals surface area (Å²) in [5.74, 6) is 2.37. The molecule has 2 aromatic carbocycles. The quantitative estimate of drug-likeness (QED) is 0.585. The van der Waals surface area contributed by atoms with Crippen LogP contribution < -0.4 is 4.74 Å². The molecule has 0 unspecified atom stereocenters. The molecule has 1 saturated heterocycles. The molecule has 31 heavy (non-hydrogen) atoms. The SMILES string of the molecule is CC1CN([C@H]2CCc3c(-c4noc(-c5ccc(OC(C)C)c(C#N)c5)n4)cccc32)C1. The average molecular weight is 415 g/mol. The molecule has 0 radical (unpaired) electrons. The van der Waals surface area contributed by atoms with E-state index in [2.05, 4.69) is 46.2 Å². The molecule has 1 atom stereocenters. The van der Waals surface area contributed by atoms with E-state index in [1.165, 1.54) is 24.2 Å². The van der Waals surface area contributed by atoms with E-state index >= 15 is 0 Å². The van der Waals surface area contributed by atoms with Gasteiger partial charge in [-0.25, -0.2) is 0 Å². The number of rotatable bonds is 5. The van der Waals surface area contributed by atoms with Gasteiger partial charge in [0.25, 0.3) is 5.89 Å². The molecule has 2 aliphatic rings. The number of fused-ring (bicyclic) bond motifs is 1. The number of hydrogen-bond donors (Lipinski definition) is 0. The fourth-order valence-corrected chi connectivity index (χ4v) is 4.78. The van der Waals surface area contributed by atoms with Crippen LogP contribution in [0.3, 0.4) is 0 Å². The van der Waals surface area contributed by atoms with E-state index in [1.54, 1.807) is 12.1 Å². The molecule has 1 aliphatic carbocycles. The van der Waals surface area contributed by atoms with Crippen molar-refractivity contribution in [3.63, 3.8) is 0 Å². The lowest BCUT2D eigenvalue weighted by molar-refractivity contribution is 0.0624. The van der Waals surface area contributed by atoms with Gasteiger partial charge in [-0.15, -0.1) is 0 Å². The molecule has 1 fully saturated rings. The fraction of sp³-hybridized carbons (Fsp3) is 0.400. The molecule has 1 aromatic heterocycles. The third-order valence-electron chi connectivity index (χ3n) is 6.15. The normalized spacial score (nSPS) is 18.6. The maximum Gasteiger partial charge on any atom is 0.258 e. The second kappa shape index (κ2) is 7.82. The Labute approximate surface area is 182 Å². The largest absolute Gasteiger partial charge is 0.490 e. The zero-order valence-electron chi connectivity index (χ0n) is 18.1. The third kappa shape index (κ3) is 3.60. The van der Waals surface area contributed by atoms with Gasteiger partial charge in [-0.05, 0) is 61.9 Å². The summed E-state index contributed by atoms with van der Waals surface area (Å²) in [5.41, 5.74) is 4.95. The van der Waals surface area contributed by atoms with Crippen LogP contribution in [0.25, 0.3) is 22.8 Å². The number of aromatic nitrogens is 2. The van der Waals surface area contributed by atoms with E-state index in [1.807, 2.05) is 19.9 Å². The molecule has 1 aliphatic heterocycles. The van der Waals surface area contributed by atoms with Crippen LogP contribution in [-0.2, 0) is 6.42 Å². The molecule has 3 aromatic rings. The first-order valence-corrected chi connectivity index (χ1v) is 10.9. The van der Waals surface area contributed by atoms with Gasteiger partial charge in [0, 0.05) is 30.3 Å². The molecule has 0 bridgehead atoms. The highest BCUT2D eigenvalue weighted by Crippen LogP contribution is 2.42. The van der Waals surface area contributed by atoms with Gasteiger partial charge in [0.05, 0.1) is 11.7 Å². The van der Waals surface area contributed by atoms with Crippen molar-refractivity contribution in [2.45, 2.75) is 45.8 Å². The number of benzene rings is 2. The van der Waals surface area contributed by atoms with E-state index in [0.717, 1.165) is 24.3 Å². The molecule has 158 valence electrons. The zero-order chi connectivity index (χ0) is 21.5. The van der Waals surface area contributed by atoms with Gasteiger partial charge in [0.1, 0.15) is 11.8 Å². The topological polar surface area (TPSA) is 75.2 Å². The minimum Gasteiger partial charge on any atom is -0.490 e. The van der Waals surface area contributed by atoms with Crippen molar-refractivity contribution >= 4 is 0 Å². The molecule has 5 rings (SSSR count). The van der Waals surface area contributed by atoms with E-state index < -0.39 is 0 Å². The van der Waals surface area contributed by atoms with Gasteiger partial charge in [0.2, 0.25) is 5.82 Å². The Morgan fingerprint density at radius 2 is 2.06 bits per heavy atom. The van der Waals surface area contributed by atoms with Crippen molar-refractivity contribution in [3.05, 3.63) is 53.1 Å². The number of likely N-dealkylation sites (tertiary alicyclic amines) is 1. The first-order valence-electron chi connectivity index (χ1n) is 10.9. The molecular weight excluding hydrogens is 388 g/mol. The Bertz CT molecular complexity index is 1150. The Balaban J connectivity index is 1.44. The van der Waals surface area contributed by atoms with Crippen molar-refractivity contribution < 1.29 is 9.26 Å². The second-order valence-electron chi connectivity index (χ2n) is 8.90. The van der Waals surface area contributed by atoms with Gasteiger partial charge in [0.15, 0.2) is 0 Å². The van der Waals surface area contributed by atoms with E-state index in [9.17, 15) is 5.26 Å². The van der Waals surface area contributed by atoms with E-state index in [0.29, 0.717) is 34.6 Å². The lowest BCUT2D eigenvalue weighted by Crippen LogP contribution is -2.46. The predicted molar refractivity (Wildman–Crippen MR) is 117 cm³/mol. The van der Waals surface area contributed by atoms with E-state index in [-0.39, 0.29) is 6.10 Å². The smallest absolute Gasteiger partial charge is 0.258 e. The lowest BCUT2D eigenvalue weighted by atomic mass is 9.96. The molecule has 0 spiro atoms. The number of ether oxygens (including phenoxy) is 1. The van der Waals surface area contributed by atoms with Crippen molar-refractivity contribution in [1.82, 2.24) is 15.0 Å². The summed E-state index contributed by atoms with van der Waals surface area (Å²) in [6.45, 7) is 8.54. The van der Waals surface area contributed by atoms with Crippen LogP contribution >= 0.6 is 0 Å². The Morgan fingerprint density at radius 3 is 2.81 bits per heavy atom. The van der Waals surface area contributed by atoms with E-state index in [4.69, 9.17) is 9.26 Å². The molecule has 0 N–H and O–H groups in total. The molecular formula is C25H26N4O2. The van der Waals surface area contributed by atoms with Crippen molar-refractivity contribution in [1.29, 1.82) is 5.26 Å². The standard InChI is InChI=1S/C25H26N4O2/c1-15(2)30-23-10-7-17(11-18(23)12-26)25-27-24(28-31-25)21-6-4-5-20-19(21)8-9-22(20)29-13-16(3)14-29/h4-7,10-11,15-16,22H,8-9,13-14H2,1-3H3/t22-/m0/s1. The molecule has 2 heterocycles. The molecule has 6 nitrogen and oxygen atoms in total. The van der Waals surface area contributed by atoms with Crippen LogP contribution in [0.2, 0.25) is 0 Å². The first-order chi connectivity index (χ1) is 15.0. The Hall–Kier alpha value is -3.17. The van der Waals surface area contributed by atoms with Crippen LogP contribution in [0.15, 0.2) is 40.9 Å². The summed E-state index contributed by atoms with van der Waals surface area (Å²) in [4.78, 5) is 7.24. The summed E-state index contributed by atoms with van der Waals surface area (Å²) in [6.07, 6.45) is 2.17. The zero-order valence-corrected chi connectivity index (χ0v) is 18.1. The lowest BCUT2D eigenvalue weighted by Gasteiger charge is -2.42. The van der Waals surface area contributed by atoms with Crippen molar-refractivity contribution in [3.8, 4) is 34.7 Å². The van der Waals surface area contributed by atoms with Crippen LogP contribution in [-0.4, -0.2) is 34.2 Å². The van der Waals surface area contributed by atoms with Gasteiger partial charge >= 0.3 is 0 Å². The molecule has 6 heteroatoms. The van der Waals surface area contributed by atoms with Gasteiger partial charge in [-0.1, -0.05) is 30.3 Å². The number of hydrogen-bond acceptors (Lipinski definition) is 6. The number of nitriles is 1. The van der Waals surface area contributed by atoms with Crippen LogP contribution in [0.5, 0.6) is 5.75 Å². The maximum absolute atomic E-state index is 9.50. The highest BCUT2D eigenvalue weighted by molar-refractivity contribution is 5.67. The van der Waals surface area contributed by atoms with Gasteiger partial charge in [-0.3, -0.25) is 4.90 Å². The van der Waals surface area contributed by atoms with Gasteiger partial charge < -0.3 is 9.26 Å². The molecule has 0 amide bonds. The Morgan fingerprint density at radius 1 is 1.23 bits per heavy atom. The first kappa shape index (κ1) is 19.8. The number of nitrogens with zero attached hydrogens (tertiary/aromatic N) is 4. The summed E-state index contributed by atoms with van der Waals surface area (Å²) in [7, 11) is 0. The van der Waals surface area contributed by atoms with Gasteiger partial charge in [-0.2, -0.15) is 10.2 Å². The predicted octanol–water partition coefficient (Wildman–Crippen LogP) is 5.00. The fourth-order valence-electron chi connectivity index (χ4n) is 4.78. The summed E-state index contributed by atoms with van der Waals surface area (Å²) < 4.78 is 11.3. The summed E-state index contributed by atoms with van der Waals surface area (Å²) >= 11 is 0. The van der Waals surface area contributed by atoms with Crippen molar-refractivity contribution in [2.24, 2.45) is 5.92 Å². The highest BCUT2D eigenvalue weighted by atomic mass is 16.5. The minimum absolute atomic E-state index is 0.00330. The minimum atomic E-state index is -0.00330. The van der Waals surface area contributed by atoms with Crippen LogP contribution in [0, 0.1) is 17.2 Å². The second-order valence-corrected chi connectivity index (χ2v) is 8.90. The summed E-state index contributed by atoms with van der Waals surface area (Å²) in [6, 6.07) is 14.5. The molecule has 0 saturated carbocycles. The third-order valence-corrected chi connectivity index (χ3v) is 6.15. The highest BCUT2D eigenvalue weighted by Gasteiger charge is 2.35. The van der Waals surface area contributed by atoms with Crippen molar-refractivity contribution in [2.75, 3.05) is 13.1 Å². The van der Waals surface area contributed by atoms with Crippen LogP contribution in [0.4, 0.5) is 0 Å². The maximum atomic E-state index is 9.50.